The van der Waals surface area contributed by atoms with E-state index in [0.29, 0.717) is 23.0 Å². The van der Waals surface area contributed by atoms with E-state index in [1.807, 2.05) is 31.4 Å². The Morgan fingerprint density at radius 3 is 2.21 bits per heavy atom. The summed E-state index contributed by atoms with van der Waals surface area (Å²) in [5.74, 6) is 0.777. The molecular weight excluding hydrogens is 448 g/mol. The van der Waals surface area contributed by atoms with Crippen LogP contribution in [0.25, 0.3) is 0 Å². The van der Waals surface area contributed by atoms with Crippen molar-refractivity contribution in [2.24, 2.45) is 0 Å². The van der Waals surface area contributed by atoms with Gasteiger partial charge in [-0.3, -0.25) is 9.59 Å². The van der Waals surface area contributed by atoms with Crippen LogP contribution in [0, 0.1) is 0 Å². The molecule has 0 fully saturated rings. The molecule has 180 valence electrons. The summed E-state index contributed by atoms with van der Waals surface area (Å²) in [6.45, 7) is 7.95. The molecule has 3 rings (SSSR count). The molecule has 7 heteroatoms. The van der Waals surface area contributed by atoms with E-state index in [1.54, 1.807) is 29.5 Å². The van der Waals surface area contributed by atoms with Crippen LogP contribution < -0.4 is 20.1 Å². The number of methoxy groups -OCH3 is 1. The number of rotatable bonds is 10. The first kappa shape index (κ1) is 25.3. The summed E-state index contributed by atoms with van der Waals surface area (Å²) in [5, 5.41) is 7.93. The van der Waals surface area contributed by atoms with E-state index in [1.165, 1.54) is 12.7 Å². The van der Waals surface area contributed by atoms with Crippen LogP contribution in [0.5, 0.6) is 11.5 Å². The van der Waals surface area contributed by atoms with Crippen molar-refractivity contribution in [1.82, 2.24) is 10.6 Å². The quantitative estimate of drug-likeness (QED) is 0.413. The van der Waals surface area contributed by atoms with Gasteiger partial charge >= 0.3 is 0 Å². The van der Waals surface area contributed by atoms with Gasteiger partial charge in [-0.2, -0.15) is 0 Å². The molecule has 0 saturated heterocycles. The molecule has 2 aromatic carbocycles. The summed E-state index contributed by atoms with van der Waals surface area (Å²) in [4.78, 5) is 26.1. The maximum absolute atomic E-state index is 13.2. The predicted molar refractivity (Wildman–Crippen MR) is 136 cm³/mol. The zero-order chi connectivity index (χ0) is 24.7. The van der Waals surface area contributed by atoms with Gasteiger partial charge in [0.05, 0.1) is 13.2 Å². The maximum Gasteiger partial charge on any atom is 0.258 e. The molecule has 2 N–H and O–H groups in total. The van der Waals surface area contributed by atoms with Gasteiger partial charge in [0.2, 0.25) is 0 Å². The van der Waals surface area contributed by atoms with Crippen molar-refractivity contribution >= 4 is 23.2 Å². The van der Waals surface area contributed by atoms with Crippen LogP contribution in [0.3, 0.4) is 0 Å². The van der Waals surface area contributed by atoms with Crippen LogP contribution in [0.1, 0.15) is 66.0 Å². The molecule has 0 spiro atoms. The number of thiophene rings is 1. The minimum atomic E-state index is -0.268. The molecule has 0 aliphatic rings. The van der Waals surface area contributed by atoms with Crippen LogP contribution in [-0.2, 0) is 4.79 Å². The second kappa shape index (κ2) is 11.7. The van der Waals surface area contributed by atoms with Crippen LogP contribution in [-0.4, -0.2) is 31.6 Å². The number of carbonyl (C=O) groups excluding carboxylic acids is 2. The van der Waals surface area contributed by atoms with Gasteiger partial charge in [0.25, 0.3) is 11.8 Å². The lowest BCUT2D eigenvalue weighted by atomic mass is 9.98. The molecule has 1 atom stereocenters. The molecule has 0 saturated carbocycles. The molecule has 0 aliphatic heterocycles. The van der Waals surface area contributed by atoms with Crippen molar-refractivity contribution in [1.29, 1.82) is 0 Å². The predicted octanol–water partition coefficient (Wildman–Crippen LogP) is 5.30. The molecule has 0 aliphatic carbocycles. The van der Waals surface area contributed by atoms with Gasteiger partial charge < -0.3 is 20.1 Å². The Kier molecular flexibility index (Phi) is 8.71. The lowest BCUT2D eigenvalue weighted by Crippen LogP contribution is -2.34. The second-order valence-corrected chi connectivity index (χ2v) is 9.60. The first-order valence-electron chi connectivity index (χ1n) is 11.3. The Labute approximate surface area is 205 Å². The highest BCUT2D eigenvalue weighted by atomic mass is 32.1. The van der Waals surface area contributed by atoms with Gasteiger partial charge in [-0.25, -0.2) is 0 Å². The Hall–Kier alpha value is -3.32. The van der Waals surface area contributed by atoms with Gasteiger partial charge in [-0.15, -0.1) is 11.3 Å². The Morgan fingerprint density at radius 1 is 0.912 bits per heavy atom. The van der Waals surface area contributed by atoms with Crippen molar-refractivity contribution in [3.8, 4) is 11.5 Å². The zero-order valence-electron chi connectivity index (χ0n) is 20.3. The van der Waals surface area contributed by atoms with E-state index in [2.05, 4.69) is 48.7 Å². The van der Waals surface area contributed by atoms with Gasteiger partial charge in [-0.1, -0.05) is 44.2 Å². The third-order valence-electron chi connectivity index (χ3n) is 5.27. The number of nitrogens with one attached hydrogen (secondary N) is 2. The summed E-state index contributed by atoms with van der Waals surface area (Å²) < 4.78 is 11.0. The van der Waals surface area contributed by atoms with Gasteiger partial charge in [0.1, 0.15) is 0 Å². The normalized spacial score (nSPS) is 11.9. The summed E-state index contributed by atoms with van der Waals surface area (Å²) >= 11 is 1.60. The zero-order valence-corrected chi connectivity index (χ0v) is 21.1. The number of hydrogen-bond donors (Lipinski definition) is 2. The molecule has 0 radical (unpaired) electrons. The summed E-state index contributed by atoms with van der Waals surface area (Å²) in [6.07, 6.45) is 0. The summed E-state index contributed by atoms with van der Waals surface area (Å²) in [6, 6.07) is 17.1. The van der Waals surface area contributed by atoms with E-state index in [0.717, 1.165) is 10.4 Å². The first-order chi connectivity index (χ1) is 16.3. The Balaban J connectivity index is 1.78. The molecule has 34 heavy (non-hydrogen) atoms. The van der Waals surface area contributed by atoms with Crippen molar-refractivity contribution in [3.63, 3.8) is 0 Å². The molecule has 1 aromatic heterocycles. The highest BCUT2D eigenvalue weighted by Gasteiger charge is 2.20. The third-order valence-corrected chi connectivity index (χ3v) is 6.21. The van der Waals surface area contributed by atoms with Crippen molar-refractivity contribution in [2.45, 2.75) is 45.7 Å². The fourth-order valence-electron chi connectivity index (χ4n) is 3.50. The second-order valence-electron chi connectivity index (χ2n) is 8.62. The van der Waals surface area contributed by atoms with E-state index in [4.69, 9.17) is 9.47 Å². The fourth-order valence-corrected chi connectivity index (χ4v) is 4.30. The number of carbonyl (C=O) groups is 2. The van der Waals surface area contributed by atoms with Crippen LogP contribution in [0.15, 0.2) is 60.0 Å². The van der Waals surface area contributed by atoms with Crippen LogP contribution in [0.4, 0.5) is 0 Å². The number of ether oxygens (including phenoxy) is 2. The number of hydrogen-bond acceptors (Lipinski definition) is 5. The van der Waals surface area contributed by atoms with Gasteiger partial charge in [0, 0.05) is 16.5 Å². The molecule has 1 heterocycles. The minimum Gasteiger partial charge on any atom is -0.493 e. The fraction of sp³-hybridized carbons (Fsp3) is 0.333. The summed E-state index contributed by atoms with van der Waals surface area (Å²) in [5.41, 5.74) is 2.71. The van der Waals surface area contributed by atoms with Gasteiger partial charge in [-0.05, 0) is 60.5 Å². The van der Waals surface area contributed by atoms with Crippen molar-refractivity contribution < 1.29 is 19.1 Å². The minimum absolute atomic E-state index is 0.0296. The molecule has 6 nitrogen and oxygen atoms in total. The first-order valence-corrected chi connectivity index (χ1v) is 12.2. The molecule has 2 amide bonds. The molecule has 0 bridgehead atoms. The smallest absolute Gasteiger partial charge is 0.258 e. The van der Waals surface area contributed by atoms with Crippen LogP contribution >= 0.6 is 11.3 Å². The topological polar surface area (TPSA) is 76.7 Å². The SMILES string of the molecule is COc1cc(C(=O)NC(c2ccc(C(C)C)cc2)c2cccs2)ccc1OCC(=O)NC(C)C. The maximum atomic E-state index is 13.2. The lowest BCUT2D eigenvalue weighted by molar-refractivity contribution is -0.123. The average Bonchev–Trinajstić information content (AvgIpc) is 3.35. The molecule has 1 unspecified atom stereocenters. The number of benzene rings is 2. The standard InChI is InChI=1S/C27H32N2O4S/c1-17(2)19-8-10-20(11-9-19)26(24-7-6-14-34-24)29-27(31)21-12-13-22(23(15-21)32-5)33-16-25(30)28-18(3)4/h6-15,17-18,26H,16H2,1-5H3,(H,28,30)(H,29,31). The largest absolute Gasteiger partial charge is 0.493 e. The van der Waals surface area contributed by atoms with Crippen molar-refractivity contribution in [3.05, 3.63) is 81.5 Å². The highest BCUT2D eigenvalue weighted by Crippen LogP contribution is 2.30. The summed E-state index contributed by atoms with van der Waals surface area (Å²) in [7, 11) is 1.50. The van der Waals surface area contributed by atoms with Crippen molar-refractivity contribution in [2.75, 3.05) is 13.7 Å². The van der Waals surface area contributed by atoms with E-state index in [-0.39, 0.29) is 30.5 Å². The number of amides is 2. The Morgan fingerprint density at radius 2 is 1.62 bits per heavy atom. The lowest BCUT2D eigenvalue weighted by Gasteiger charge is -2.20. The average molecular weight is 481 g/mol. The van der Waals surface area contributed by atoms with E-state index < -0.39 is 0 Å². The molecule has 3 aromatic rings. The van der Waals surface area contributed by atoms with Gasteiger partial charge in [0.15, 0.2) is 18.1 Å². The van der Waals surface area contributed by atoms with E-state index in [9.17, 15) is 9.59 Å². The third kappa shape index (κ3) is 6.60. The Bertz CT molecular complexity index is 1090. The monoisotopic (exact) mass is 480 g/mol. The van der Waals surface area contributed by atoms with E-state index >= 15 is 0 Å². The highest BCUT2D eigenvalue weighted by molar-refractivity contribution is 7.10. The van der Waals surface area contributed by atoms with Crippen LogP contribution in [0.2, 0.25) is 0 Å². The molecular formula is C27H32N2O4S.